The molecule has 106 valence electrons. The van der Waals surface area contributed by atoms with Crippen LogP contribution in [0.15, 0.2) is 46.9 Å². The third-order valence-electron chi connectivity index (χ3n) is 3.14. The molecule has 2 aromatic carbocycles. The van der Waals surface area contributed by atoms with Crippen LogP contribution in [0.1, 0.15) is 0 Å². The second-order valence-corrected chi connectivity index (χ2v) is 5.76. The Morgan fingerprint density at radius 1 is 1.10 bits per heavy atom. The lowest BCUT2D eigenvalue weighted by molar-refractivity contribution is 0.628. The minimum absolute atomic E-state index is 0.295. The molecule has 3 N–H and O–H groups in total. The van der Waals surface area contributed by atoms with Gasteiger partial charge >= 0.3 is 0 Å². The van der Waals surface area contributed by atoms with Gasteiger partial charge in [-0.2, -0.15) is 5.10 Å². The van der Waals surface area contributed by atoms with E-state index in [0.29, 0.717) is 10.8 Å². The van der Waals surface area contributed by atoms with Gasteiger partial charge in [-0.1, -0.05) is 29.8 Å². The van der Waals surface area contributed by atoms with Crippen molar-refractivity contribution in [3.63, 3.8) is 0 Å². The van der Waals surface area contributed by atoms with Gasteiger partial charge in [0.25, 0.3) is 0 Å². The smallest absolute Gasteiger partial charge is 0.153 e. The molecule has 1 heterocycles. The molecule has 0 fully saturated rings. The van der Waals surface area contributed by atoms with Crippen LogP contribution in [-0.2, 0) is 0 Å². The number of nitrogens with two attached hydrogens (primary N) is 1. The van der Waals surface area contributed by atoms with E-state index in [1.54, 1.807) is 18.2 Å². The Labute approximate surface area is 134 Å². The molecule has 1 aromatic heterocycles. The fraction of sp³-hybridized carbons (Fsp3) is 0. The number of hydrogen-bond donors (Lipinski definition) is 2. The average Bonchev–Trinajstić information content (AvgIpc) is 2.85. The van der Waals surface area contributed by atoms with Gasteiger partial charge in [-0.25, -0.2) is 4.39 Å². The summed E-state index contributed by atoms with van der Waals surface area (Å²) in [6.45, 7) is 0. The van der Waals surface area contributed by atoms with E-state index in [-0.39, 0.29) is 5.82 Å². The Hall–Kier alpha value is -1.85. The number of anilines is 1. The summed E-state index contributed by atoms with van der Waals surface area (Å²) < 4.78 is 13.9. The SMILES string of the molecule is Nc1n[nH]c(-c2ccc(Cl)c(Br)c2)c1-c1ccc(F)cc1. The Kier molecular flexibility index (Phi) is 3.69. The number of nitrogens with zero attached hydrogens (tertiary/aromatic N) is 1. The van der Waals surface area contributed by atoms with Crippen molar-refractivity contribution in [1.82, 2.24) is 10.2 Å². The fourth-order valence-electron chi connectivity index (χ4n) is 2.13. The van der Waals surface area contributed by atoms with Crippen LogP contribution in [0.2, 0.25) is 5.02 Å². The Bertz CT molecular complexity index is 799. The summed E-state index contributed by atoms with van der Waals surface area (Å²) in [5, 5.41) is 7.59. The van der Waals surface area contributed by atoms with Crippen molar-refractivity contribution in [2.24, 2.45) is 0 Å². The molecule has 0 aliphatic heterocycles. The van der Waals surface area contributed by atoms with Crippen molar-refractivity contribution < 1.29 is 4.39 Å². The van der Waals surface area contributed by atoms with Crippen molar-refractivity contribution in [3.8, 4) is 22.4 Å². The first-order chi connectivity index (χ1) is 10.1. The van der Waals surface area contributed by atoms with E-state index >= 15 is 0 Å². The molecule has 0 amide bonds. The summed E-state index contributed by atoms with van der Waals surface area (Å²) in [5.41, 5.74) is 9.12. The van der Waals surface area contributed by atoms with Gasteiger partial charge in [-0.3, -0.25) is 5.10 Å². The number of benzene rings is 2. The van der Waals surface area contributed by atoms with Crippen LogP contribution in [0.3, 0.4) is 0 Å². The van der Waals surface area contributed by atoms with Crippen LogP contribution in [0.4, 0.5) is 10.2 Å². The maximum Gasteiger partial charge on any atom is 0.153 e. The largest absolute Gasteiger partial charge is 0.382 e. The van der Waals surface area contributed by atoms with Crippen LogP contribution in [0, 0.1) is 5.82 Å². The highest BCUT2D eigenvalue weighted by molar-refractivity contribution is 9.10. The standard InChI is InChI=1S/C15H10BrClFN3/c16-11-7-9(3-6-12(11)17)14-13(15(19)21-20-14)8-1-4-10(18)5-2-8/h1-7H,(H3,19,20,21). The molecule has 0 aliphatic carbocycles. The third kappa shape index (κ3) is 2.66. The van der Waals surface area contributed by atoms with E-state index in [9.17, 15) is 4.39 Å². The summed E-state index contributed by atoms with van der Waals surface area (Å²) in [5.74, 6) is 0.0688. The number of aromatic amines is 1. The quantitative estimate of drug-likeness (QED) is 0.679. The van der Waals surface area contributed by atoms with E-state index in [0.717, 1.165) is 26.9 Å². The number of H-pyrrole nitrogens is 1. The zero-order chi connectivity index (χ0) is 15.0. The third-order valence-corrected chi connectivity index (χ3v) is 4.35. The molecule has 0 unspecified atom stereocenters. The second kappa shape index (κ2) is 5.50. The highest BCUT2D eigenvalue weighted by atomic mass is 79.9. The highest BCUT2D eigenvalue weighted by Crippen LogP contribution is 2.36. The lowest BCUT2D eigenvalue weighted by atomic mass is 10.0. The van der Waals surface area contributed by atoms with E-state index in [1.165, 1.54) is 12.1 Å². The van der Waals surface area contributed by atoms with E-state index in [4.69, 9.17) is 17.3 Å². The summed E-state index contributed by atoms with van der Waals surface area (Å²) in [4.78, 5) is 0. The Morgan fingerprint density at radius 2 is 1.76 bits per heavy atom. The molecular weight excluding hydrogens is 357 g/mol. The van der Waals surface area contributed by atoms with Crippen molar-refractivity contribution in [2.45, 2.75) is 0 Å². The molecule has 3 nitrogen and oxygen atoms in total. The number of rotatable bonds is 2. The van der Waals surface area contributed by atoms with Gasteiger partial charge in [0.15, 0.2) is 5.82 Å². The van der Waals surface area contributed by atoms with Crippen molar-refractivity contribution in [1.29, 1.82) is 0 Å². The number of aromatic nitrogens is 2. The molecule has 0 bridgehead atoms. The fourth-order valence-corrected chi connectivity index (χ4v) is 2.62. The van der Waals surface area contributed by atoms with Gasteiger partial charge in [0.1, 0.15) is 5.82 Å². The molecule has 0 saturated heterocycles. The molecule has 3 aromatic rings. The summed E-state index contributed by atoms with van der Waals surface area (Å²) in [6.07, 6.45) is 0. The molecule has 3 rings (SSSR count). The Morgan fingerprint density at radius 3 is 2.43 bits per heavy atom. The van der Waals surface area contributed by atoms with Crippen LogP contribution in [-0.4, -0.2) is 10.2 Å². The topological polar surface area (TPSA) is 54.7 Å². The van der Waals surface area contributed by atoms with E-state index < -0.39 is 0 Å². The molecule has 0 spiro atoms. The summed E-state index contributed by atoms with van der Waals surface area (Å²) in [6, 6.07) is 11.7. The number of nitrogen functional groups attached to an aromatic ring is 1. The first kappa shape index (κ1) is 14.1. The van der Waals surface area contributed by atoms with E-state index in [1.807, 2.05) is 12.1 Å². The maximum absolute atomic E-state index is 13.1. The van der Waals surface area contributed by atoms with Gasteiger partial charge in [0.05, 0.1) is 16.3 Å². The van der Waals surface area contributed by atoms with Crippen molar-refractivity contribution in [2.75, 3.05) is 5.73 Å². The predicted octanol–water partition coefficient (Wildman–Crippen LogP) is 4.88. The molecule has 6 heteroatoms. The molecule has 0 atom stereocenters. The molecule has 0 aliphatic rings. The molecular formula is C15H10BrClFN3. The van der Waals surface area contributed by atoms with E-state index in [2.05, 4.69) is 26.1 Å². The van der Waals surface area contributed by atoms with Gasteiger partial charge in [0, 0.05) is 10.0 Å². The predicted molar refractivity (Wildman–Crippen MR) is 86.5 cm³/mol. The first-order valence-electron chi connectivity index (χ1n) is 6.11. The molecule has 0 radical (unpaired) electrons. The molecule has 21 heavy (non-hydrogen) atoms. The zero-order valence-corrected chi connectivity index (χ0v) is 13.0. The number of hydrogen-bond acceptors (Lipinski definition) is 2. The van der Waals surface area contributed by atoms with Crippen LogP contribution in [0.5, 0.6) is 0 Å². The van der Waals surface area contributed by atoms with Crippen LogP contribution < -0.4 is 5.73 Å². The second-order valence-electron chi connectivity index (χ2n) is 4.49. The first-order valence-corrected chi connectivity index (χ1v) is 7.28. The van der Waals surface area contributed by atoms with Crippen molar-refractivity contribution in [3.05, 3.63) is 57.8 Å². The van der Waals surface area contributed by atoms with Crippen molar-refractivity contribution >= 4 is 33.3 Å². The van der Waals surface area contributed by atoms with Gasteiger partial charge in [-0.05, 0) is 45.8 Å². The van der Waals surface area contributed by atoms with Gasteiger partial charge in [-0.15, -0.1) is 0 Å². The minimum Gasteiger partial charge on any atom is -0.382 e. The summed E-state index contributed by atoms with van der Waals surface area (Å²) in [7, 11) is 0. The van der Waals surface area contributed by atoms with Gasteiger partial charge < -0.3 is 5.73 Å². The Balaban J connectivity index is 2.16. The lowest BCUT2D eigenvalue weighted by Gasteiger charge is -2.06. The summed E-state index contributed by atoms with van der Waals surface area (Å²) >= 11 is 9.40. The average molecular weight is 367 g/mol. The monoisotopic (exact) mass is 365 g/mol. The number of nitrogens with one attached hydrogen (secondary N) is 1. The van der Waals surface area contributed by atoms with Crippen LogP contribution in [0.25, 0.3) is 22.4 Å². The molecule has 0 saturated carbocycles. The number of halogens is 3. The zero-order valence-electron chi connectivity index (χ0n) is 10.7. The maximum atomic E-state index is 13.1. The minimum atomic E-state index is -0.295. The highest BCUT2D eigenvalue weighted by Gasteiger charge is 2.15. The van der Waals surface area contributed by atoms with Gasteiger partial charge in [0.2, 0.25) is 0 Å². The lowest BCUT2D eigenvalue weighted by Crippen LogP contribution is -1.89. The van der Waals surface area contributed by atoms with Crippen LogP contribution >= 0.6 is 27.5 Å². The normalized spacial score (nSPS) is 10.8.